The van der Waals surface area contributed by atoms with Gasteiger partial charge in [-0.25, -0.2) is 4.39 Å². The van der Waals surface area contributed by atoms with E-state index in [-0.39, 0.29) is 24.2 Å². The molecular weight excluding hydrogens is 349 g/mol. The van der Waals surface area contributed by atoms with E-state index in [1.54, 1.807) is 0 Å². The summed E-state index contributed by atoms with van der Waals surface area (Å²) in [6.45, 7) is 2.48. The first kappa shape index (κ1) is 16.5. The van der Waals surface area contributed by atoms with Gasteiger partial charge in [-0.05, 0) is 45.6 Å². The van der Waals surface area contributed by atoms with Gasteiger partial charge in [0.2, 0.25) is 0 Å². The van der Waals surface area contributed by atoms with Crippen molar-refractivity contribution in [1.82, 2.24) is 5.32 Å². The van der Waals surface area contributed by atoms with E-state index in [1.165, 1.54) is 23.8 Å². The van der Waals surface area contributed by atoms with Gasteiger partial charge in [0, 0.05) is 6.54 Å². The van der Waals surface area contributed by atoms with E-state index in [2.05, 4.69) is 21.2 Å². The van der Waals surface area contributed by atoms with Gasteiger partial charge < -0.3 is 10.1 Å². The smallest absolute Gasteiger partial charge is 0.257 e. The Morgan fingerprint density at radius 2 is 2.00 bits per heavy atom. The number of hydrogen-bond donors (Lipinski definition) is 1. The molecule has 1 N–H and O–H groups in total. The topological polar surface area (TPSA) is 38.3 Å². The van der Waals surface area contributed by atoms with Crippen molar-refractivity contribution in [3.05, 3.63) is 64.4 Å². The summed E-state index contributed by atoms with van der Waals surface area (Å²) in [5.74, 6) is 0.0923. The number of amides is 1. The van der Waals surface area contributed by atoms with Crippen LogP contribution in [-0.4, -0.2) is 19.1 Å². The normalized spacial score (nSPS) is 11.8. The molecule has 2 rings (SSSR count). The van der Waals surface area contributed by atoms with Gasteiger partial charge in [-0.2, -0.15) is 0 Å². The zero-order valence-corrected chi connectivity index (χ0v) is 13.8. The molecule has 1 atom stereocenters. The molecule has 0 fully saturated rings. The molecular formula is C17H17BrFNO2. The van der Waals surface area contributed by atoms with Gasteiger partial charge in [-0.15, -0.1) is 0 Å². The van der Waals surface area contributed by atoms with Crippen LogP contribution in [0, 0.1) is 5.82 Å². The molecule has 0 aliphatic heterocycles. The first-order chi connectivity index (χ1) is 10.6. The van der Waals surface area contributed by atoms with E-state index in [4.69, 9.17) is 4.74 Å². The number of carbonyl (C=O) groups is 1. The van der Waals surface area contributed by atoms with Crippen LogP contribution in [0.15, 0.2) is 53.0 Å². The molecule has 0 saturated carbocycles. The molecule has 3 nitrogen and oxygen atoms in total. The summed E-state index contributed by atoms with van der Waals surface area (Å²) in [6.07, 6.45) is 0. The quantitative estimate of drug-likeness (QED) is 0.843. The number of rotatable bonds is 6. The number of hydrogen-bond acceptors (Lipinski definition) is 2. The Morgan fingerprint density at radius 3 is 2.68 bits per heavy atom. The minimum absolute atomic E-state index is 0.105. The van der Waals surface area contributed by atoms with Crippen LogP contribution in [0.3, 0.4) is 0 Å². The second-order valence-corrected chi connectivity index (χ2v) is 5.83. The molecule has 22 heavy (non-hydrogen) atoms. The zero-order chi connectivity index (χ0) is 15.9. The molecule has 0 aromatic heterocycles. The molecule has 0 heterocycles. The second-order valence-electron chi connectivity index (χ2n) is 4.98. The van der Waals surface area contributed by atoms with Crippen LogP contribution in [0.1, 0.15) is 18.4 Å². The van der Waals surface area contributed by atoms with Crippen LogP contribution < -0.4 is 10.1 Å². The lowest BCUT2D eigenvalue weighted by molar-refractivity contribution is -0.123. The van der Waals surface area contributed by atoms with E-state index >= 15 is 0 Å². The third-order valence-electron chi connectivity index (χ3n) is 3.23. The average molecular weight is 366 g/mol. The maximum atomic E-state index is 13.0. The molecule has 0 spiro atoms. The molecule has 2 aromatic carbocycles. The molecule has 0 aliphatic rings. The Balaban J connectivity index is 1.78. The van der Waals surface area contributed by atoms with E-state index in [0.717, 1.165) is 0 Å². The van der Waals surface area contributed by atoms with E-state index < -0.39 is 0 Å². The maximum absolute atomic E-state index is 13.0. The molecule has 116 valence electrons. The Bertz CT molecular complexity index is 634. The Hall–Kier alpha value is -1.88. The number of benzene rings is 2. The Morgan fingerprint density at radius 1 is 1.27 bits per heavy atom. The van der Waals surface area contributed by atoms with Gasteiger partial charge in [0.25, 0.3) is 5.91 Å². The van der Waals surface area contributed by atoms with E-state index in [1.807, 2.05) is 37.3 Å². The van der Waals surface area contributed by atoms with Gasteiger partial charge in [-0.1, -0.05) is 37.3 Å². The first-order valence-electron chi connectivity index (χ1n) is 6.95. The molecule has 5 heteroatoms. The van der Waals surface area contributed by atoms with Crippen molar-refractivity contribution in [3.8, 4) is 5.75 Å². The average Bonchev–Trinajstić information content (AvgIpc) is 2.52. The predicted octanol–water partition coefficient (Wildman–Crippen LogP) is 3.89. The van der Waals surface area contributed by atoms with Crippen molar-refractivity contribution in [2.24, 2.45) is 0 Å². The number of halogens is 2. The van der Waals surface area contributed by atoms with Crippen molar-refractivity contribution < 1.29 is 13.9 Å². The predicted molar refractivity (Wildman–Crippen MR) is 87.5 cm³/mol. The van der Waals surface area contributed by atoms with Crippen LogP contribution in [0.5, 0.6) is 5.75 Å². The van der Waals surface area contributed by atoms with Crippen LogP contribution in [0.2, 0.25) is 0 Å². The fourth-order valence-corrected chi connectivity index (χ4v) is 2.42. The van der Waals surface area contributed by atoms with E-state index in [0.29, 0.717) is 16.8 Å². The SMILES string of the molecule is CC(CNC(=O)COc1ccc(F)cc1Br)c1ccccc1. The highest BCUT2D eigenvalue weighted by Crippen LogP contribution is 2.25. The summed E-state index contributed by atoms with van der Waals surface area (Å²) in [4.78, 5) is 11.8. The lowest BCUT2D eigenvalue weighted by Gasteiger charge is -2.13. The third kappa shape index (κ3) is 4.84. The highest BCUT2D eigenvalue weighted by molar-refractivity contribution is 9.10. The Labute approximate surface area is 137 Å². The molecule has 0 saturated heterocycles. The van der Waals surface area contributed by atoms with Gasteiger partial charge >= 0.3 is 0 Å². The standard InChI is InChI=1S/C17H17BrFNO2/c1-12(13-5-3-2-4-6-13)10-20-17(21)11-22-16-8-7-14(19)9-15(16)18/h2-9,12H,10-11H2,1H3,(H,20,21). The highest BCUT2D eigenvalue weighted by atomic mass is 79.9. The van der Waals surface area contributed by atoms with Crippen molar-refractivity contribution in [3.63, 3.8) is 0 Å². The lowest BCUT2D eigenvalue weighted by atomic mass is 10.0. The number of ether oxygens (including phenoxy) is 1. The van der Waals surface area contributed by atoms with Crippen molar-refractivity contribution in [2.75, 3.05) is 13.2 Å². The Kier molecular flexibility index (Phi) is 5.95. The summed E-state index contributed by atoms with van der Waals surface area (Å²) in [6, 6.07) is 14.0. The maximum Gasteiger partial charge on any atom is 0.257 e. The van der Waals surface area contributed by atoms with Gasteiger partial charge in [0.15, 0.2) is 6.61 Å². The largest absolute Gasteiger partial charge is 0.483 e. The fourth-order valence-electron chi connectivity index (χ4n) is 1.95. The first-order valence-corrected chi connectivity index (χ1v) is 7.75. The van der Waals surface area contributed by atoms with Crippen LogP contribution in [0.4, 0.5) is 4.39 Å². The fraction of sp³-hybridized carbons (Fsp3) is 0.235. The number of nitrogens with one attached hydrogen (secondary N) is 1. The highest BCUT2D eigenvalue weighted by Gasteiger charge is 2.09. The van der Waals surface area contributed by atoms with Crippen LogP contribution >= 0.6 is 15.9 Å². The third-order valence-corrected chi connectivity index (χ3v) is 3.85. The van der Waals surface area contributed by atoms with Gasteiger partial charge in [-0.3, -0.25) is 4.79 Å². The minimum atomic E-state index is -0.361. The molecule has 0 aliphatic carbocycles. The van der Waals surface area contributed by atoms with Gasteiger partial charge in [0.1, 0.15) is 11.6 Å². The van der Waals surface area contributed by atoms with Crippen molar-refractivity contribution >= 4 is 21.8 Å². The van der Waals surface area contributed by atoms with Crippen LogP contribution in [-0.2, 0) is 4.79 Å². The van der Waals surface area contributed by atoms with Gasteiger partial charge in [0.05, 0.1) is 4.47 Å². The summed E-state index contributed by atoms with van der Waals surface area (Å²) < 4.78 is 18.8. The molecule has 2 aromatic rings. The van der Waals surface area contributed by atoms with Crippen molar-refractivity contribution in [2.45, 2.75) is 12.8 Å². The lowest BCUT2D eigenvalue weighted by Crippen LogP contribution is -2.31. The summed E-state index contributed by atoms with van der Waals surface area (Å²) in [7, 11) is 0. The zero-order valence-electron chi connectivity index (χ0n) is 12.2. The summed E-state index contributed by atoms with van der Waals surface area (Å²) >= 11 is 3.19. The monoisotopic (exact) mass is 365 g/mol. The summed E-state index contributed by atoms with van der Waals surface area (Å²) in [5.41, 5.74) is 1.17. The second kappa shape index (κ2) is 7.94. The molecule has 1 unspecified atom stereocenters. The molecule has 0 bridgehead atoms. The van der Waals surface area contributed by atoms with Crippen LogP contribution in [0.25, 0.3) is 0 Å². The van der Waals surface area contributed by atoms with Crippen molar-refractivity contribution in [1.29, 1.82) is 0 Å². The molecule has 1 amide bonds. The number of carbonyl (C=O) groups excluding carboxylic acids is 1. The van der Waals surface area contributed by atoms with E-state index in [9.17, 15) is 9.18 Å². The summed E-state index contributed by atoms with van der Waals surface area (Å²) in [5, 5.41) is 2.83. The minimum Gasteiger partial charge on any atom is -0.483 e. The molecule has 0 radical (unpaired) electrons.